The lowest BCUT2D eigenvalue weighted by Crippen LogP contribution is -2.26. The summed E-state index contributed by atoms with van der Waals surface area (Å²) in [4.78, 5) is 22.2. The molecule has 15 heavy (non-hydrogen) atoms. The molecule has 0 amide bonds. The lowest BCUT2D eigenvalue weighted by Gasteiger charge is -2.07. The number of imidazole rings is 1. The molecule has 0 aliphatic carbocycles. The molecule has 0 aliphatic heterocycles. The standard InChI is InChI=1S/C7H8N6O2/c8-4-3-6(11-1-10-4)13(2-12-3)5(9)7(14)15/h1-2,5H,9H2,(H,14,15)(H2,8,10,11)/t5-/m1/s1. The highest BCUT2D eigenvalue weighted by atomic mass is 16.4. The van der Waals surface area contributed by atoms with Gasteiger partial charge in [-0.3, -0.25) is 4.57 Å². The summed E-state index contributed by atoms with van der Waals surface area (Å²) >= 11 is 0. The average Bonchev–Trinajstić information content (AvgIpc) is 2.61. The Labute approximate surface area is 83.6 Å². The molecule has 1 atom stereocenters. The molecule has 8 heteroatoms. The zero-order valence-corrected chi connectivity index (χ0v) is 7.53. The Morgan fingerprint density at radius 2 is 2.20 bits per heavy atom. The molecule has 8 nitrogen and oxygen atoms in total. The van der Waals surface area contributed by atoms with Crippen LogP contribution < -0.4 is 11.5 Å². The number of anilines is 1. The van der Waals surface area contributed by atoms with Crippen molar-refractivity contribution in [2.75, 3.05) is 5.73 Å². The maximum Gasteiger partial charge on any atom is 0.341 e. The first-order chi connectivity index (χ1) is 7.11. The number of nitrogen functional groups attached to an aromatic ring is 1. The van der Waals surface area contributed by atoms with Crippen LogP contribution in [0.25, 0.3) is 11.2 Å². The minimum Gasteiger partial charge on any atom is -0.479 e. The van der Waals surface area contributed by atoms with Crippen molar-refractivity contribution in [1.29, 1.82) is 0 Å². The third kappa shape index (κ3) is 1.36. The van der Waals surface area contributed by atoms with E-state index in [0.29, 0.717) is 11.2 Å². The Morgan fingerprint density at radius 1 is 1.47 bits per heavy atom. The largest absolute Gasteiger partial charge is 0.479 e. The molecule has 2 heterocycles. The van der Waals surface area contributed by atoms with Crippen LogP contribution in [0.3, 0.4) is 0 Å². The fourth-order valence-corrected chi connectivity index (χ4v) is 1.19. The van der Waals surface area contributed by atoms with E-state index in [1.807, 2.05) is 0 Å². The maximum atomic E-state index is 10.7. The zero-order valence-electron chi connectivity index (χ0n) is 7.53. The van der Waals surface area contributed by atoms with Crippen molar-refractivity contribution in [1.82, 2.24) is 19.5 Å². The summed E-state index contributed by atoms with van der Waals surface area (Å²) in [6.07, 6.45) is 1.27. The van der Waals surface area contributed by atoms with Crippen LogP contribution in [0.4, 0.5) is 5.82 Å². The highest BCUT2D eigenvalue weighted by molar-refractivity contribution is 5.83. The van der Waals surface area contributed by atoms with Crippen LogP contribution in [0, 0.1) is 0 Å². The summed E-state index contributed by atoms with van der Waals surface area (Å²) < 4.78 is 1.22. The third-order valence-corrected chi connectivity index (χ3v) is 1.94. The minimum atomic E-state index is -1.23. The molecular formula is C7H8N6O2. The Kier molecular flexibility index (Phi) is 1.97. The van der Waals surface area contributed by atoms with Crippen LogP contribution in [-0.2, 0) is 4.79 Å². The number of hydrogen-bond acceptors (Lipinski definition) is 6. The molecule has 78 valence electrons. The maximum absolute atomic E-state index is 10.7. The molecule has 2 rings (SSSR count). The smallest absolute Gasteiger partial charge is 0.341 e. The summed E-state index contributed by atoms with van der Waals surface area (Å²) in [6.45, 7) is 0. The lowest BCUT2D eigenvalue weighted by atomic mass is 10.4. The van der Waals surface area contributed by atoms with E-state index in [1.165, 1.54) is 17.2 Å². The number of carboxylic acid groups (broad SMARTS) is 1. The Bertz CT molecular complexity index is 521. The molecule has 0 saturated heterocycles. The van der Waals surface area contributed by atoms with Gasteiger partial charge in [0.1, 0.15) is 11.8 Å². The van der Waals surface area contributed by atoms with Gasteiger partial charge in [-0.1, -0.05) is 0 Å². The van der Waals surface area contributed by atoms with Gasteiger partial charge in [-0.15, -0.1) is 0 Å². The Morgan fingerprint density at radius 3 is 2.87 bits per heavy atom. The number of carboxylic acids is 1. The summed E-state index contributed by atoms with van der Waals surface area (Å²) in [7, 11) is 0. The van der Waals surface area contributed by atoms with Crippen molar-refractivity contribution >= 4 is 23.0 Å². The van der Waals surface area contributed by atoms with Crippen molar-refractivity contribution in [2.24, 2.45) is 5.73 Å². The molecule has 0 radical (unpaired) electrons. The number of fused-ring (bicyclic) bond motifs is 1. The highest BCUT2D eigenvalue weighted by Crippen LogP contribution is 2.16. The Hall–Kier alpha value is -2.22. The number of nitrogens with two attached hydrogens (primary N) is 2. The van der Waals surface area contributed by atoms with E-state index < -0.39 is 12.1 Å². The zero-order chi connectivity index (χ0) is 11.0. The lowest BCUT2D eigenvalue weighted by molar-refractivity contribution is -0.140. The van der Waals surface area contributed by atoms with E-state index in [9.17, 15) is 4.79 Å². The molecule has 0 aliphatic rings. The van der Waals surface area contributed by atoms with Crippen LogP contribution in [-0.4, -0.2) is 30.6 Å². The first-order valence-corrected chi connectivity index (χ1v) is 4.02. The molecule has 0 aromatic carbocycles. The molecule has 0 bridgehead atoms. The summed E-state index contributed by atoms with van der Waals surface area (Å²) in [5, 5.41) is 8.73. The van der Waals surface area contributed by atoms with E-state index in [-0.39, 0.29) is 5.82 Å². The number of carbonyl (C=O) groups is 1. The van der Waals surface area contributed by atoms with Crippen molar-refractivity contribution in [3.63, 3.8) is 0 Å². The van der Waals surface area contributed by atoms with Gasteiger partial charge in [0.2, 0.25) is 0 Å². The van der Waals surface area contributed by atoms with E-state index in [2.05, 4.69) is 15.0 Å². The average molecular weight is 208 g/mol. The fraction of sp³-hybridized carbons (Fsp3) is 0.143. The van der Waals surface area contributed by atoms with Gasteiger partial charge in [-0.2, -0.15) is 0 Å². The number of aromatic nitrogens is 4. The summed E-state index contributed by atoms with van der Waals surface area (Å²) in [5.74, 6) is -0.983. The van der Waals surface area contributed by atoms with Gasteiger partial charge in [-0.25, -0.2) is 19.7 Å². The molecule has 2 aromatic heterocycles. The molecular weight excluding hydrogens is 200 g/mol. The molecule has 0 spiro atoms. The fourth-order valence-electron chi connectivity index (χ4n) is 1.19. The first kappa shape index (κ1) is 9.34. The van der Waals surface area contributed by atoms with Crippen LogP contribution in [0.2, 0.25) is 0 Å². The predicted molar refractivity (Wildman–Crippen MR) is 50.6 cm³/mol. The predicted octanol–water partition coefficient (Wildman–Crippen LogP) is -1.05. The number of hydrogen-bond donors (Lipinski definition) is 3. The van der Waals surface area contributed by atoms with Gasteiger partial charge in [0, 0.05) is 0 Å². The molecule has 0 saturated carbocycles. The minimum absolute atomic E-state index is 0.191. The second kappa shape index (κ2) is 3.17. The normalized spacial score (nSPS) is 12.9. The van der Waals surface area contributed by atoms with Crippen molar-refractivity contribution in [3.8, 4) is 0 Å². The molecule has 2 aromatic rings. The third-order valence-electron chi connectivity index (χ3n) is 1.94. The topological polar surface area (TPSA) is 133 Å². The monoisotopic (exact) mass is 208 g/mol. The highest BCUT2D eigenvalue weighted by Gasteiger charge is 2.18. The van der Waals surface area contributed by atoms with Gasteiger partial charge < -0.3 is 16.6 Å². The summed E-state index contributed by atoms with van der Waals surface area (Å²) in [5.41, 5.74) is 11.6. The first-order valence-electron chi connectivity index (χ1n) is 4.02. The second-order valence-corrected chi connectivity index (χ2v) is 2.87. The van der Waals surface area contributed by atoms with Gasteiger partial charge in [0.15, 0.2) is 17.6 Å². The summed E-state index contributed by atoms with van der Waals surface area (Å²) in [6, 6.07) is 0. The van der Waals surface area contributed by atoms with Crippen LogP contribution >= 0.6 is 0 Å². The van der Waals surface area contributed by atoms with E-state index in [1.54, 1.807) is 0 Å². The molecule has 0 fully saturated rings. The number of aliphatic carboxylic acids is 1. The molecule has 0 unspecified atom stereocenters. The van der Waals surface area contributed by atoms with Crippen molar-refractivity contribution in [2.45, 2.75) is 6.17 Å². The Balaban J connectivity index is 2.64. The number of nitrogens with zero attached hydrogens (tertiary/aromatic N) is 4. The van der Waals surface area contributed by atoms with Crippen molar-refractivity contribution < 1.29 is 9.90 Å². The van der Waals surface area contributed by atoms with Crippen LogP contribution in [0.1, 0.15) is 6.17 Å². The SMILES string of the molecule is Nc1ncnc2c1ncn2[C@@H](N)C(=O)O. The quantitative estimate of drug-likeness (QED) is 0.573. The van der Waals surface area contributed by atoms with Gasteiger partial charge in [0.25, 0.3) is 0 Å². The van der Waals surface area contributed by atoms with Gasteiger partial charge in [-0.05, 0) is 0 Å². The molecule has 5 N–H and O–H groups in total. The van der Waals surface area contributed by atoms with Gasteiger partial charge >= 0.3 is 5.97 Å². The van der Waals surface area contributed by atoms with Crippen molar-refractivity contribution in [3.05, 3.63) is 12.7 Å². The van der Waals surface area contributed by atoms with E-state index >= 15 is 0 Å². The van der Waals surface area contributed by atoms with Crippen LogP contribution in [0.5, 0.6) is 0 Å². The van der Waals surface area contributed by atoms with E-state index in [4.69, 9.17) is 16.6 Å². The van der Waals surface area contributed by atoms with Gasteiger partial charge in [0.05, 0.1) is 6.33 Å². The van der Waals surface area contributed by atoms with Crippen LogP contribution in [0.15, 0.2) is 12.7 Å². The second-order valence-electron chi connectivity index (χ2n) is 2.87. The van der Waals surface area contributed by atoms with E-state index in [0.717, 1.165) is 0 Å². The number of rotatable bonds is 2.